The van der Waals surface area contributed by atoms with Crippen molar-refractivity contribution < 1.29 is 9.90 Å². The fourth-order valence-electron chi connectivity index (χ4n) is 1.76. The van der Waals surface area contributed by atoms with E-state index in [1.165, 1.54) is 12.3 Å². The highest BCUT2D eigenvalue weighted by Crippen LogP contribution is 2.19. The maximum absolute atomic E-state index is 11.0. The van der Waals surface area contributed by atoms with E-state index in [0.29, 0.717) is 18.0 Å². The summed E-state index contributed by atoms with van der Waals surface area (Å²) in [4.78, 5) is 11.0. The van der Waals surface area contributed by atoms with Crippen LogP contribution in [0, 0.1) is 0 Å². The second-order valence-corrected chi connectivity index (χ2v) is 4.30. The van der Waals surface area contributed by atoms with Crippen molar-refractivity contribution in [1.29, 1.82) is 0 Å². The van der Waals surface area contributed by atoms with Crippen molar-refractivity contribution in [1.82, 2.24) is 24.4 Å². The van der Waals surface area contributed by atoms with Gasteiger partial charge in [0.15, 0.2) is 11.5 Å². The molecule has 0 saturated heterocycles. The molecule has 3 heterocycles. The average Bonchev–Trinajstić information content (AvgIpc) is 3.00. The van der Waals surface area contributed by atoms with Gasteiger partial charge in [-0.1, -0.05) is 11.6 Å². The van der Waals surface area contributed by atoms with Crippen molar-refractivity contribution in [2.45, 2.75) is 6.54 Å². The number of hydrogen-bond donors (Lipinski definition) is 1. The van der Waals surface area contributed by atoms with Gasteiger partial charge in [-0.3, -0.25) is 9.08 Å². The van der Waals surface area contributed by atoms with Gasteiger partial charge in [-0.05, 0) is 12.1 Å². The Balaban J connectivity index is 2.13. The molecule has 0 saturated carbocycles. The Morgan fingerprint density at radius 2 is 2.26 bits per heavy atom. The molecular weight excluding hydrogens is 270 g/mol. The first-order valence-electron chi connectivity index (χ1n) is 5.39. The lowest BCUT2D eigenvalue weighted by Gasteiger charge is -2.03. The fraction of sp³-hybridized carbons (Fsp3) is 0.0909. The van der Waals surface area contributed by atoms with Crippen LogP contribution in [-0.4, -0.2) is 35.5 Å². The summed E-state index contributed by atoms with van der Waals surface area (Å²) in [6, 6.07) is 3.14. The lowest BCUT2D eigenvalue weighted by molar-refractivity contribution is 0.0696. The molecule has 19 heavy (non-hydrogen) atoms. The molecule has 0 radical (unpaired) electrons. The predicted molar refractivity (Wildman–Crippen MR) is 66.3 cm³/mol. The van der Waals surface area contributed by atoms with E-state index in [-0.39, 0.29) is 10.6 Å². The number of carboxylic acids is 1. The quantitative estimate of drug-likeness (QED) is 0.780. The summed E-state index contributed by atoms with van der Waals surface area (Å²) in [5.74, 6) is -0.494. The van der Waals surface area contributed by atoms with Crippen molar-refractivity contribution >= 4 is 23.2 Å². The zero-order valence-electron chi connectivity index (χ0n) is 9.56. The SMILES string of the molecule is O=C(O)c1cc(Cl)c2nnc(Cn3cccn3)n2c1. The molecule has 3 aromatic heterocycles. The van der Waals surface area contributed by atoms with Crippen LogP contribution in [0.2, 0.25) is 5.02 Å². The second-order valence-electron chi connectivity index (χ2n) is 3.90. The van der Waals surface area contributed by atoms with Crippen molar-refractivity contribution in [2.24, 2.45) is 0 Å². The molecule has 0 atom stereocenters. The van der Waals surface area contributed by atoms with Crippen LogP contribution in [0.15, 0.2) is 30.7 Å². The average molecular weight is 278 g/mol. The summed E-state index contributed by atoms with van der Waals surface area (Å²) in [6.07, 6.45) is 4.88. The number of aromatic carboxylic acids is 1. The van der Waals surface area contributed by atoms with Crippen molar-refractivity contribution in [3.05, 3.63) is 47.1 Å². The van der Waals surface area contributed by atoms with Gasteiger partial charge in [0.05, 0.1) is 10.6 Å². The lowest BCUT2D eigenvalue weighted by Crippen LogP contribution is -2.06. The number of halogens is 1. The van der Waals surface area contributed by atoms with E-state index in [1.54, 1.807) is 27.5 Å². The number of hydrogen-bond acceptors (Lipinski definition) is 4. The molecule has 7 nitrogen and oxygen atoms in total. The highest BCUT2D eigenvalue weighted by atomic mass is 35.5. The number of rotatable bonds is 3. The van der Waals surface area contributed by atoms with Crippen LogP contribution in [0.3, 0.4) is 0 Å². The van der Waals surface area contributed by atoms with Gasteiger partial charge in [-0.2, -0.15) is 5.10 Å². The third kappa shape index (κ3) is 2.04. The first kappa shape index (κ1) is 11.7. The number of nitrogens with zero attached hydrogens (tertiary/aromatic N) is 5. The molecule has 0 aliphatic heterocycles. The smallest absolute Gasteiger partial charge is 0.337 e. The molecule has 0 spiro atoms. The van der Waals surface area contributed by atoms with Crippen molar-refractivity contribution in [2.75, 3.05) is 0 Å². The summed E-state index contributed by atoms with van der Waals surface area (Å²) in [7, 11) is 0. The lowest BCUT2D eigenvalue weighted by atomic mass is 10.3. The second kappa shape index (κ2) is 4.36. The Bertz CT molecular complexity index is 750. The summed E-state index contributed by atoms with van der Waals surface area (Å²) in [6.45, 7) is 0.383. The highest BCUT2D eigenvalue weighted by molar-refractivity contribution is 6.33. The first-order chi connectivity index (χ1) is 9.15. The van der Waals surface area contributed by atoms with Gasteiger partial charge in [0.2, 0.25) is 0 Å². The largest absolute Gasteiger partial charge is 0.478 e. The molecule has 0 unspecified atom stereocenters. The number of pyridine rings is 1. The van der Waals surface area contributed by atoms with E-state index < -0.39 is 5.97 Å². The van der Waals surface area contributed by atoms with Gasteiger partial charge in [0, 0.05) is 18.6 Å². The molecule has 0 aliphatic rings. The first-order valence-corrected chi connectivity index (χ1v) is 5.77. The molecular formula is C11H8ClN5O2. The van der Waals surface area contributed by atoms with E-state index >= 15 is 0 Å². The Labute approximate surface area is 112 Å². The summed E-state index contributed by atoms with van der Waals surface area (Å²) in [5, 5.41) is 21.3. The van der Waals surface area contributed by atoms with E-state index in [0.717, 1.165) is 0 Å². The van der Waals surface area contributed by atoms with Gasteiger partial charge >= 0.3 is 5.97 Å². The van der Waals surface area contributed by atoms with Crippen LogP contribution >= 0.6 is 11.6 Å². The molecule has 3 rings (SSSR count). The molecule has 0 fully saturated rings. The molecule has 96 valence electrons. The summed E-state index contributed by atoms with van der Waals surface area (Å²) >= 11 is 5.99. The van der Waals surface area contributed by atoms with Gasteiger partial charge in [0.1, 0.15) is 6.54 Å². The summed E-state index contributed by atoms with van der Waals surface area (Å²) in [5.41, 5.74) is 0.507. The van der Waals surface area contributed by atoms with Crippen LogP contribution in [0.4, 0.5) is 0 Å². The van der Waals surface area contributed by atoms with Gasteiger partial charge in [-0.15, -0.1) is 10.2 Å². The maximum atomic E-state index is 11.0. The Morgan fingerprint density at radius 1 is 1.42 bits per heavy atom. The molecule has 1 N–H and O–H groups in total. The van der Waals surface area contributed by atoms with Crippen LogP contribution < -0.4 is 0 Å². The number of fused-ring (bicyclic) bond motifs is 1. The number of carboxylic acid groups (broad SMARTS) is 1. The number of carbonyl (C=O) groups is 1. The molecule has 0 bridgehead atoms. The van der Waals surface area contributed by atoms with Crippen molar-refractivity contribution in [3.8, 4) is 0 Å². The molecule has 0 aromatic carbocycles. The fourth-order valence-corrected chi connectivity index (χ4v) is 2.01. The Hall–Kier alpha value is -2.41. The van der Waals surface area contributed by atoms with Gasteiger partial charge < -0.3 is 5.11 Å². The number of aromatic nitrogens is 5. The molecule has 8 heteroatoms. The van der Waals surface area contributed by atoms with Crippen LogP contribution in [-0.2, 0) is 6.54 Å². The standard InChI is InChI=1S/C11H8ClN5O2/c12-8-4-7(11(18)19)5-17-9(14-15-10(8)17)6-16-3-1-2-13-16/h1-5H,6H2,(H,18,19). The molecule has 3 aromatic rings. The van der Waals surface area contributed by atoms with E-state index in [4.69, 9.17) is 16.7 Å². The maximum Gasteiger partial charge on any atom is 0.337 e. The van der Waals surface area contributed by atoms with Crippen LogP contribution in [0.5, 0.6) is 0 Å². The third-order valence-corrected chi connectivity index (χ3v) is 2.92. The zero-order chi connectivity index (χ0) is 13.4. The minimum absolute atomic E-state index is 0.0824. The van der Waals surface area contributed by atoms with E-state index in [2.05, 4.69) is 15.3 Å². The highest BCUT2D eigenvalue weighted by Gasteiger charge is 2.13. The Kier molecular flexibility index (Phi) is 2.68. The minimum atomic E-state index is -1.05. The van der Waals surface area contributed by atoms with Crippen LogP contribution in [0.25, 0.3) is 5.65 Å². The predicted octanol–water partition coefficient (Wildman–Crippen LogP) is 1.33. The van der Waals surface area contributed by atoms with E-state index in [1.807, 2.05) is 0 Å². The Morgan fingerprint density at radius 3 is 2.95 bits per heavy atom. The van der Waals surface area contributed by atoms with Crippen molar-refractivity contribution in [3.63, 3.8) is 0 Å². The van der Waals surface area contributed by atoms with Gasteiger partial charge in [-0.25, -0.2) is 4.79 Å². The molecule has 0 aliphatic carbocycles. The monoisotopic (exact) mass is 277 g/mol. The minimum Gasteiger partial charge on any atom is -0.478 e. The van der Waals surface area contributed by atoms with E-state index in [9.17, 15) is 4.79 Å². The third-order valence-electron chi connectivity index (χ3n) is 2.64. The van der Waals surface area contributed by atoms with Crippen LogP contribution in [0.1, 0.15) is 16.2 Å². The molecule has 0 amide bonds. The van der Waals surface area contributed by atoms with Gasteiger partial charge in [0.25, 0.3) is 0 Å². The normalized spacial score (nSPS) is 11.0. The topological polar surface area (TPSA) is 85.3 Å². The summed E-state index contributed by atoms with van der Waals surface area (Å²) < 4.78 is 3.23. The zero-order valence-corrected chi connectivity index (χ0v) is 10.3.